The highest BCUT2D eigenvalue weighted by Gasteiger charge is 2.29. The van der Waals surface area contributed by atoms with E-state index in [2.05, 4.69) is 6.92 Å². The molecule has 3 aromatic carbocycles. The van der Waals surface area contributed by atoms with Crippen molar-refractivity contribution in [3.8, 4) is 5.69 Å². The summed E-state index contributed by atoms with van der Waals surface area (Å²) in [5, 5.41) is 12.0. The lowest BCUT2D eigenvalue weighted by molar-refractivity contribution is -0.385. The van der Waals surface area contributed by atoms with Crippen molar-refractivity contribution in [2.24, 2.45) is 0 Å². The number of nitrogens with zero attached hydrogens (tertiary/aromatic N) is 4. The van der Waals surface area contributed by atoms with Crippen LogP contribution in [0.4, 0.5) is 5.69 Å². The summed E-state index contributed by atoms with van der Waals surface area (Å²) < 4.78 is 1.59. The van der Waals surface area contributed by atoms with Crippen molar-refractivity contribution in [1.29, 1.82) is 0 Å². The third-order valence-corrected chi connectivity index (χ3v) is 6.72. The van der Waals surface area contributed by atoms with Crippen LogP contribution in [0.1, 0.15) is 60.5 Å². The van der Waals surface area contributed by atoms with Crippen LogP contribution < -0.4 is 5.56 Å². The van der Waals surface area contributed by atoms with Gasteiger partial charge in [-0.3, -0.25) is 24.3 Å². The van der Waals surface area contributed by atoms with Crippen molar-refractivity contribution in [2.45, 2.75) is 46.6 Å². The highest BCUT2D eigenvalue weighted by molar-refractivity contribution is 5.95. The van der Waals surface area contributed by atoms with Crippen molar-refractivity contribution in [2.75, 3.05) is 6.54 Å². The fourth-order valence-electron chi connectivity index (χ4n) is 4.66. The van der Waals surface area contributed by atoms with Crippen molar-refractivity contribution in [3.63, 3.8) is 0 Å². The van der Waals surface area contributed by atoms with Gasteiger partial charge in [-0.05, 0) is 62.6 Å². The number of amides is 1. The molecule has 8 heteroatoms. The standard InChI is InChI=1S/C29H30N4O4/c1-5-20-13-16-22(17-14-20)32-27(30-24-11-9-8-10-23(24)29(32)35)25(6-2)31(7-3)28(34)21-15-12-19(4)26(18-21)33(36)37/h8-18,25H,5-7H2,1-4H3. The van der Waals surface area contributed by atoms with E-state index >= 15 is 0 Å². The maximum atomic E-state index is 13.8. The molecule has 4 rings (SSSR count). The van der Waals surface area contributed by atoms with Crippen LogP contribution in [0.25, 0.3) is 16.6 Å². The molecule has 1 unspecified atom stereocenters. The zero-order valence-corrected chi connectivity index (χ0v) is 21.5. The van der Waals surface area contributed by atoms with Gasteiger partial charge in [0, 0.05) is 23.7 Å². The second kappa shape index (κ2) is 10.7. The Bertz CT molecular complexity index is 1530. The number of hydrogen-bond acceptors (Lipinski definition) is 5. The molecule has 0 fully saturated rings. The molecule has 0 bridgehead atoms. The van der Waals surface area contributed by atoms with Gasteiger partial charge in [0.05, 0.1) is 27.6 Å². The van der Waals surface area contributed by atoms with Gasteiger partial charge < -0.3 is 4.90 Å². The monoisotopic (exact) mass is 498 g/mol. The Balaban J connectivity index is 1.90. The van der Waals surface area contributed by atoms with Crippen LogP contribution in [0, 0.1) is 17.0 Å². The van der Waals surface area contributed by atoms with E-state index in [9.17, 15) is 19.7 Å². The maximum Gasteiger partial charge on any atom is 0.273 e. The first-order valence-corrected chi connectivity index (χ1v) is 12.5. The summed E-state index contributed by atoms with van der Waals surface area (Å²) in [5.74, 6) is 0.0972. The Kier molecular flexibility index (Phi) is 7.47. The molecule has 0 radical (unpaired) electrons. The van der Waals surface area contributed by atoms with Gasteiger partial charge in [-0.25, -0.2) is 4.98 Å². The van der Waals surface area contributed by atoms with Gasteiger partial charge in [0.2, 0.25) is 0 Å². The molecule has 0 saturated heterocycles. The van der Waals surface area contributed by atoms with Crippen LogP contribution in [-0.2, 0) is 6.42 Å². The Morgan fingerprint density at radius 1 is 1.05 bits per heavy atom. The number of para-hydroxylation sites is 1. The summed E-state index contributed by atoms with van der Waals surface area (Å²) in [6, 6.07) is 18.9. The second-order valence-corrected chi connectivity index (χ2v) is 8.92. The number of nitro benzene ring substituents is 1. The van der Waals surface area contributed by atoms with Gasteiger partial charge in [0.1, 0.15) is 5.82 Å². The number of aromatic nitrogens is 2. The molecular weight excluding hydrogens is 468 g/mol. The maximum absolute atomic E-state index is 13.8. The summed E-state index contributed by atoms with van der Waals surface area (Å²) in [7, 11) is 0. The highest BCUT2D eigenvalue weighted by Crippen LogP contribution is 2.29. The van der Waals surface area contributed by atoms with E-state index in [0.717, 1.165) is 12.0 Å². The van der Waals surface area contributed by atoms with Gasteiger partial charge >= 0.3 is 0 Å². The van der Waals surface area contributed by atoms with Gasteiger partial charge in [-0.1, -0.05) is 44.2 Å². The number of aryl methyl sites for hydroxylation is 2. The number of benzene rings is 3. The Morgan fingerprint density at radius 2 is 1.76 bits per heavy atom. The number of carbonyl (C=O) groups is 1. The van der Waals surface area contributed by atoms with Gasteiger partial charge in [-0.15, -0.1) is 0 Å². The second-order valence-electron chi connectivity index (χ2n) is 8.92. The van der Waals surface area contributed by atoms with Gasteiger partial charge in [0.25, 0.3) is 17.2 Å². The topological polar surface area (TPSA) is 98.3 Å². The van der Waals surface area contributed by atoms with E-state index in [1.165, 1.54) is 6.07 Å². The first kappa shape index (κ1) is 25.8. The van der Waals surface area contributed by atoms with Crippen LogP contribution in [0.5, 0.6) is 0 Å². The van der Waals surface area contributed by atoms with Gasteiger partial charge in [-0.2, -0.15) is 0 Å². The zero-order valence-electron chi connectivity index (χ0n) is 21.5. The molecule has 0 saturated carbocycles. The summed E-state index contributed by atoms with van der Waals surface area (Å²) in [6.45, 7) is 7.82. The molecule has 0 spiro atoms. The normalized spacial score (nSPS) is 11.9. The fourth-order valence-corrected chi connectivity index (χ4v) is 4.66. The molecule has 1 atom stereocenters. The molecule has 190 valence electrons. The minimum atomic E-state index is -0.541. The summed E-state index contributed by atoms with van der Waals surface area (Å²) in [5.41, 5.74) is 2.76. The molecule has 0 aliphatic rings. The van der Waals surface area contributed by atoms with Crippen LogP contribution in [0.2, 0.25) is 0 Å². The van der Waals surface area contributed by atoms with E-state index in [1.807, 2.05) is 44.2 Å². The van der Waals surface area contributed by atoms with Crippen LogP contribution in [0.15, 0.2) is 71.5 Å². The predicted molar refractivity (Wildman–Crippen MR) is 144 cm³/mol. The molecule has 1 aromatic heterocycles. The lowest BCUT2D eigenvalue weighted by Gasteiger charge is -2.31. The third-order valence-electron chi connectivity index (χ3n) is 6.72. The number of hydrogen-bond donors (Lipinski definition) is 0. The van der Waals surface area contributed by atoms with Crippen molar-refractivity contribution in [3.05, 3.63) is 110 Å². The lowest BCUT2D eigenvalue weighted by Crippen LogP contribution is -2.38. The molecule has 0 aliphatic heterocycles. The van der Waals surface area contributed by atoms with E-state index < -0.39 is 11.0 Å². The predicted octanol–water partition coefficient (Wildman–Crippen LogP) is 5.78. The quantitative estimate of drug-likeness (QED) is 0.227. The zero-order chi connectivity index (χ0) is 26.7. The van der Waals surface area contributed by atoms with Crippen molar-refractivity contribution in [1.82, 2.24) is 14.5 Å². The third kappa shape index (κ3) is 4.87. The average molecular weight is 499 g/mol. The highest BCUT2D eigenvalue weighted by atomic mass is 16.6. The largest absolute Gasteiger partial charge is 0.329 e. The first-order chi connectivity index (χ1) is 17.8. The van der Waals surface area contributed by atoms with E-state index in [-0.39, 0.29) is 22.7 Å². The van der Waals surface area contributed by atoms with Crippen LogP contribution in [-0.4, -0.2) is 31.8 Å². The van der Waals surface area contributed by atoms with Gasteiger partial charge in [0.15, 0.2) is 0 Å². The fraction of sp³-hybridized carbons (Fsp3) is 0.276. The lowest BCUT2D eigenvalue weighted by atomic mass is 10.1. The molecule has 0 N–H and O–H groups in total. The number of rotatable bonds is 8. The Morgan fingerprint density at radius 3 is 2.38 bits per heavy atom. The molecule has 0 aliphatic carbocycles. The molecule has 1 amide bonds. The average Bonchev–Trinajstić information content (AvgIpc) is 2.91. The number of carbonyl (C=O) groups excluding carboxylic acids is 1. The number of nitro groups is 1. The van der Waals surface area contributed by atoms with E-state index in [0.29, 0.717) is 40.9 Å². The van der Waals surface area contributed by atoms with Crippen molar-refractivity contribution < 1.29 is 9.72 Å². The first-order valence-electron chi connectivity index (χ1n) is 12.5. The molecule has 37 heavy (non-hydrogen) atoms. The SMILES string of the molecule is CCc1ccc(-n2c(C(CC)N(CC)C(=O)c3ccc(C)c([N+](=O)[O-])c3)nc3ccccc3c2=O)cc1. The van der Waals surface area contributed by atoms with Crippen LogP contribution in [0.3, 0.4) is 0 Å². The Labute approximate surface area is 215 Å². The summed E-state index contributed by atoms with van der Waals surface area (Å²) >= 11 is 0. The molecular formula is C29H30N4O4. The summed E-state index contributed by atoms with van der Waals surface area (Å²) in [6.07, 6.45) is 1.36. The number of fused-ring (bicyclic) bond motifs is 1. The minimum Gasteiger partial charge on any atom is -0.329 e. The molecule has 8 nitrogen and oxygen atoms in total. The molecule has 1 heterocycles. The van der Waals surface area contributed by atoms with E-state index in [1.54, 1.807) is 46.7 Å². The van der Waals surface area contributed by atoms with Crippen LogP contribution >= 0.6 is 0 Å². The minimum absolute atomic E-state index is 0.105. The Hall–Kier alpha value is -4.33. The smallest absolute Gasteiger partial charge is 0.273 e. The van der Waals surface area contributed by atoms with Crippen molar-refractivity contribution >= 4 is 22.5 Å². The van der Waals surface area contributed by atoms with E-state index in [4.69, 9.17) is 4.98 Å². The molecule has 4 aromatic rings. The summed E-state index contributed by atoms with van der Waals surface area (Å²) in [4.78, 5) is 45.0.